The third-order valence-corrected chi connectivity index (χ3v) is 4.18. The highest BCUT2D eigenvalue weighted by atomic mass is 16.1. The molecule has 1 saturated heterocycles. The second-order valence-corrected chi connectivity index (χ2v) is 6.22. The Morgan fingerprint density at radius 3 is 2.95 bits per heavy atom. The molecule has 0 saturated carbocycles. The van der Waals surface area contributed by atoms with Crippen molar-refractivity contribution >= 4 is 5.78 Å². The Kier molecular flexibility index (Phi) is 5.29. The van der Waals surface area contributed by atoms with E-state index in [-0.39, 0.29) is 11.8 Å². The molecule has 2 unspecified atom stereocenters. The highest BCUT2D eigenvalue weighted by Crippen LogP contribution is 2.23. The molecule has 5 nitrogen and oxygen atoms in total. The molecule has 0 aliphatic carbocycles. The maximum Gasteiger partial charge on any atom is 0.140 e. The fraction of sp³-hybridized carbons (Fsp3) is 0.800. The third-order valence-electron chi connectivity index (χ3n) is 4.18. The zero-order valence-corrected chi connectivity index (χ0v) is 12.8. The first kappa shape index (κ1) is 15.2. The lowest BCUT2D eigenvalue weighted by Crippen LogP contribution is -2.34. The van der Waals surface area contributed by atoms with Gasteiger partial charge in [0.2, 0.25) is 0 Å². The normalized spacial score (nSPS) is 21.1. The van der Waals surface area contributed by atoms with Crippen LogP contribution in [0.15, 0.2) is 6.33 Å². The first-order chi connectivity index (χ1) is 9.58. The number of rotatable bonds is 6. The van der Waals surface area contributed by atoms with Crippen molar-refractivity contribution in [2.45, 2.75) is 52.5 Å². The molecule has 1 aromatic rings. The Hall–Kier alpha value is -1.23. The van der Waals surface area contributed by atoms with Gasteiger partial charge in [-0.25, -0.2) is 9.67 Å². The van der Waals surface area contributed by atoms with Gasteiger partial charge in [0.25, 0.3) is 0 Å². The van der Waals surface area contributed by atoms with E-state index >= 15 is 0 Å². The van der Waals surface area contributed by atoms with E-state index in [0.29, 0.717) is 24.7 Å². The van der Waals surface area contributed by atoms with Crippen LogP contribution in [0.3, 0.4) is 0 Å². The van der Waals surface area contributed by atoms with Crippen LogP contribution in [-0.2, 0) is 11.2 Å². The van der Waals surface area contributed by atoms with Gasteiger partial charge in [-0.1, -0.05) is 6.92 Å². The molecular weight excluding hydrogens is 252 g/mol. The number of nitrogens with one attached hydrogen (secondary N) is 1. The summed E-state index contributed by atoms with van der Waals surface area (Å²) in [4.78, 5) is 16.5. The number of nitrogens with zero attached hydrogens (tertiary/aromatic N) is 3. The lowest BCUT2D eigenvalue weighted by atomic mass is 9.84. The van der Waals surface area contributed by atoms with Crippen molar-refractivity contribution < 1.29 is 4.79 Å². The van der Waals surface area contributed by atoms with Gasteiger partial charge in [-0.05, 0) is 51.6 Å². The fourth-order valence-electron chi connectivity index (χ4n) is 2.97. The Labute approximate surface area is 121 Å². The van der Waals surface area contributed by atoms with Gasteiger partial charge in [-0.3, -0.25) is 4.79 Å². The van der Waals surface area contributed by atoms with Gasteiger partial charge < -0.3 is 5.32 Å². The molecule has 2 heterocycles. The molecule has 0 aromatic carbocycles. The molecule has 112 valence electrons. The van der Waals surface area contributed by atoms with Gasteiger partial charge >= 0.3 is 0 Å². The quantitative estimate of drug-likeness (QED) is 0.864. The summed E-state index contributed by atoms with van der Waals surface area (Å²) in [6.45, 7) is 8.48. The molecule has 0 amide bonds. The summed E-state index contributed by atoms with van der Waals surface area (Å²) >= 11 is 0. The molecule has 2 atom stereocenters. The van der Waals surface area contributed by atoms with E-state index in [0.717, 1.165) is 18.9 Å². The SMILES string of the molecule is CC(CC(=O)Cc1ncnn1C(C)C)C1CCCNC1. The van der Waals surface area contributed by atoms with Crippen LogP contribution in [-0.4, -0.2) is 33.6 Å². The molecular formula is C15H26N4O. The van der Waals surface area contributed by atoms with Crippen LogP contribution < -0.4 is 5.32 Å². The molecule has 1 aliphatic rings. The summed E-state index contributed by atoms with van der Waals surface area (Å²) in [7, 11) is 0. The van der Waals surface area contributed by atoms with E-state index < -0.39 is 0 Å². The minimum atomic E-state index is 0.250. The van der Waals surface area contributed by atoms with Gasteiger partial charge in [0.1, 0.15) is 17.9 Å². The Morgan fingerprint density at radius 2 is 2.30 bits per heavy atom. The number of hydrogen-bond acceptors (Lipinski definition) is 4. The lowest BCUT2D eigenvalue weighted by Gasteiger charge is -2.28. The molecule has 1 aromatic heterocycles. The predicted octanol–water partition coefficient (Wildman–Crippen LogP) is 2.00. The van der Waals surface area contributed by atoms with Crippen molar-refractivity contribution in [3.8, 4) is 0 Å². The first-order valence-corrected chi connectivity index (χ1v) is 7.68. The molecule has 0 bridgehead atoms. The van der Waals surface area contributed by atoms with Gasteiger partial charge in [0.05, 0.1) is 6.42 Å². The summed E-state index contributed by atoms with van der Waals surface area (Å²) in [5, 5.41) is 7.60. The minimum absolute atomic E-state index is 0.250. The average Bonchev–Trinajstić information content (AvgIpc) is 2.87. The van der Waals surface area contributed by atoms with E-state index in [2.05, 4.69) is 36.2 Å². The summed E-state index contributed by atoms with van der Waals surface area (Å²) in [5.74, 6) is 2.15. The average molecular weight is 278 g/mol. The van der Waals surface area contributed by atoms with E-state index in [4.69, 9.17) is 0 Å². The number of ketones is 1. The zero-order valence-electron chi connectivity index (χ0n) is 12.8. The van der Waals surface area contributed by atoms with E-state index in [1.165, 1.54) is 19.2 Å². The molecule has 20 heavy (non-hydrogen) atoms. The monoisotopic (exact) mass is 278 g/mol. The second-order valence-electron chi connectivity index (χ2n) is 6.22. The molecule has 1 aliphatic heterocycles. The van der Waals surface area contributed by atoms with Crippen LogP contribution in [0, 0.1) is 11.8 Å². The van der Waals surface area contributed by atoms with Crippen molar-refractivity contribution in [3.05, 3.63) is 12.2 Å². The maximum atomic E-state index is 12.2. The summed E-state index contributed by atoms with van der Waals surface area (Å²) in [6.07, 6.45) is 5.06. The highest BCUT2D eigenvalue weighted by molar-refractivity contribution is 5.80. The van der Waals surface area contributed by atoms with E-state index in [1.54, 1.807) is 0 Å². The molecule has 5 heteroatoms. The number of Topliss-reactive ketones (excluding diaryl/α,β-unsaturated/α-hetero) is 1. The summed E-state index contributed by atoms with van der Waals surface area (Å²) < 4.78 is 1.84. The predicted molar refractivity (Wildman–Crippen MR) is 78.5 cm³/mol. The largest absolute Gasteiger partial charge is 0.316 e. The highest BCUT2D eigenvalue weighted by Gasteiger charge is 2.22. The number of carbonyl (C=O) groups is 1. The van der Waals surface area contributed by atoms with Gasteiger partial charge in [0, 0.05) is 12.5 Å². The Morgan fingerprint density at radius 1 is 1.50 bits per heavy atom. The van der Waals surface area contributed by atoms with Crippen molar-refractivity contribution in [3.63, 3.8) is 0 Å². The van der Waals surface area contributed by atoms with Crippen molar-refractivity contribution in [2.75, 3.05) is 13.1 Å². The Balaban J connectivity index is 1.86. The lowest BCUT2D eigenvalue weighted by molar-refractivity contribution is -0.119. The van der Waals surface area contributed by atoms with Crippen LogP contribution in [0.25, 0.3) is 0 Å². The van der Waals surface area contributed by atoms with Crippen molar-refractivity contribution in [1.82, 2.24) is 20.1 Å². The van der Waals surface area contributed by atoms with E-state index in [1.807, 2.05) is 4.68 Å². The number of piperidine rings is 1. The molecule has 0 spiro atoms. The molecule has 1 fully saturated rings. The zero-order chi connectivity index (χ0) is 14.5. The van der Waals surface area contributed by atoms with Crippen LogP contribution in [0.1, 0.15) is 51.9 Å². The molecule has 2 rings (SSSR count). The van der Waals surface area contributed by atoms with Gasteiger partial charge in [0.15, 0.2) is 0 Å². The number of hydrogen-bond donors (Lipinski definition) is 1. The van der Waals surface area contributed by atoms with Gasteiger partial charge in [-0.15, -0.1) is 0 Å². The van der Waals surface area contributed by atoms with Crippen LogP contribution in [0.5, 0.6) is 0 Å². The van der Waals surface area contributed by atoms with Crippen molar-refractivity contribution in [1.29, 1.82) is 0 Å². The second kappa shape index (κ2) is 6.97. The van der Waals surface area contributed by atoms with E-state index in [9.17, 15) is 4.79 Å². The maximum absolute atomic E-state index is 12.2. The topological polar surface area (TPSA) is 59.8 Å². The standard InChI is InChI=1S/C15H26N4O/c1-11(2)19-15(17-10-18-19)8-14(20)7-12(3)13-5-4-6-16-9-13/h10-13,16H,4-9H2,1-3H3. The molecule has 1 N–H and O–H groups in total. The Bertz CT molecular complexity index is 435. The number of aromatic nitrogens is 3. The third kappa shape index (κ3) is 3.88. The fourth-order valence-corrected chi connectivity index (χ4v) is 2.97. The van der Waals surface area contributed by atoms with Crippen LogP contribution in [0.4, 0.5) is 0 Å². The van der Waals surface area contributed by atoms with Crippen molar-refractivity contribution in [2.24, 2.45) is 11.8 Å². The summed E-state index contributed by atoms with van der Waals surface area (Å²) in [6, 6.07) is 0.250. The first-order valence-electron chi connectivity index (χ1n) is 7.68. The molecule has 0 radical (unpaired) electrons. The van der Waals surface area contributed by atoms with Crippen LogP contribution in [0.2, 0.25) is 0 Å². The minimum Gasteiger partial charge on any atom is -0.316 e. The smallest absolute Gasteiger partial charge is 0.140 e. The number of carbonyl (C=O) groups excluding carboxylic acids is 1. The van der Waals surface area contributed by atoms with Crippen LogP contribution >= 0.6 is 0 Å². The summed E-state index contributed by atoms with van der Waals surface area (Å²) in [5.41, 5.74) is 0. The van der Waals surface area contributed by atoms with Gasteiger partial charge in [-0.2, -0.15) is 5.10 Å².